The molecule has 0 spiro atoms. The summed E-state index contributed by atoms with van der Waals surface area (Å²) in [6.07, 6.45) is 10.3. The number of rotatable bonds is 10. The number of hydrogen-bond donors (Lipinski definition) is 4. The molecule has 0 radical (unpaired) electrons. The van der Waals surface area contributed by atoms with E-state index < -0.39 is 5.97 Å². The molecule has 1 saturated heterocycles. The van der Waals surface area contributed by atoms with Crippen LogP contribution in [0.15, 0.2) is 31.0 Å². The highest BCUT2D eigenvalue weighted by Gasteiger charge is 2.34. The second-order valence-corrected chi connectivity index (χ2v) is 9.83. The third kappa shape index (κ3) is 6.34. The molecular weight excluding hydrogens is 524 g/mol. The lowest BCUT2D eigenvalue weighted by molar-refractivity contribution is -0.325. The van der Waals surface area contributed by atoms with Crippen LogP contribution in [0.25, 0.3) is 11.3 Å². The minimum atomic E-state index is -3.15. The molecule has 4 N–H and O–H groups in total. The molecule has 1 aliphatic heterocycles. The van der Waals surface area contributed by atoms with Crippen molar-refractivity contribution in [3.05, 3.63) is 36.5 Å². The number of aliphatic hydroxyl groups is 3. The molecule has 0 unspecified atom stereocenters. The van der Waals surface area contributed by atoms with E-state index in [1.807, 2.05) is 13.2 Å². The minimum Gasteiger partial charge on any atom is -0.469 e. The Labute approximate surface area is 229 Å². The number of ether oxygens (including phenoxy) is 3. The van der Waals surface area contributed by atoms with Crippen LogP contribution >= 0.6 is 0 Å². The van der Waals surface area contributed by atoms with Gasteiger partial charge in [0.15, 0.2) is 5.82 Å². The number of methoxy groups -OCH3 is 1. The Kier molecular flexibility index (Phi) is 8.18. The Morgan fingerprint density at radius 3 is 2.48 bits per heavy atom. The van der Waals surface area contributed by atoms with Gasteiger partial charge in [0.1, 0.15) is 18.3 Å². The second kappa shape index (κ2) is 11.8. The number of hydrogen-bond acceptors (Lipinski definition) is 13. The van der Waals surface area contributed by atoms with Gasteiger partial charge in [-0.05, 0) is 25.7 Å². The van der Waals surface area contributed by atoms with Gasteiger partial charge in [0.25, 0.3) is 5.91 Å². The van der Waals surface area contributed by atoms with Crippen molar-refractivity contribution in [1.82, 2.24) is 29.7 Å². The van der Waals surface area contributed by atoms with Crippen molar-refractivity contribution in [2.75, 3.05) is 37.1 Å². The summed E-state index contributed by atoms with van der Waals surface area (Å²) in [6.45, 7) is 0.585. The summed E-state index contributed by atoms with van der Waals surface area (Å²) in [5, 5.41) is 36.4. The number of aromatic nitrogens is 6. The maximum Gasteiger partial charge on any atom is 0.311 e. The first kappa shape index (κ1) is 27.8. The molecule has 15 nitrogen and oxygen atoms in total. The van der Waals surface area contributed by atoms with E-state index in [1.54, 1.807) is 28.2 Å². The first-order chi connectivity index (χ1) is 19.2. The third-order valence-corrected chi connectivity index (χ3v) is 6.82. The molecule has 0 bridgehead atoms. The number of aryl methyl sites for hydroxylation is 1. The number of carbonyl (C=O) groups excluding carboxylic acids is 1. The van der Waals surface area contributed by atoms with Crippen molar-refractivity contribution >= 4 is 17.7 Å². The first-order valence-electron chi connectivity index (χ1n) is 12.9. The summed E-state index contributed by atoms with van der Waals surface area (Å²) in [5.74, 6) is -2.82. The average molecular weight is 557 g/mol. The van der Waals surface area contributed by atoms with Crippen molar-refractivity contribution in [2.45, 2.75) is 49.8 Å². The van der Waals surface area contributed by atoms with Gasteiger partial charge in [0, 0.05) is 44.2 Å². The average Bonchev–Trinajstić information content (AvgIpc) is 3.34. The molecule has 5 rings (SSSR count). The van der Waals surface area contributed by atoms with E-state index in [0.717, 1.165) is 11.8 Å². The van der Waals surface area contributed by atoms with E-state index in [0.29, 0.717) is 50.4 Å². The summed E-state index contributed by atoms with van der Waals surface area (Å²) >= 11 is 0. The van der Waals surface area contributed by atoms with Crippen LogP contribution in [0, 0.1) is 0 Å². The van der Waals surface area contributed by atoms with E-state index in [9.17, 15) is 20.1 Å². The van der Waals surface area contributed by atoms with Crippen LogP contribution in [0.1, 0.15) is 31.2 Å². The Balaban J connectivity index is 1.26. The van der Waals surface area contributed by atoms with Crippen LogP contribution in [-0.2, 0) is 27.3 Å². The highest BCUT2D eigenvalue weighted by molar-refractivity contribution is 5.94. The predicted molar refractivity (Wildman–Crippen MR) is 139 cm³/mol. The van der Waals surface area contributed by atoms with Crippen molar-refractivity contribution in [3.8, 4) is 17.1 Å². The lowest BCUT2D eigenvalue weighted by atomic mass is 9.90. The van der Waals surface area contributed by atoms with E-state index in [-0.39, 0.29) is 48.1 Å². The topological polar surface area (TPSA) is 190 Å². The van der Waals surface area contributed by atoms with Crippen molar-refractivity contribution in [1.29, 1.82) is 0 Å². The van der Waals surface area contributed by atoms with Crippen LogP contribution in [0.5, 0.6) is 5.88 Å². The minimum absolute atomic E-state index is 0.0115. The van der Waals surface area contributed by atoms with Gasteiger partial charge in [-0.3, -0.25) is 19.4 Å². The normalized spacial score (nSPS) is 19.6. The molecule has 4 heterocycles. The molecule has 2 fully saturated rings. The molecule has 1 saturated carbocycles. The fourth-order valence-corrected chi connectivity index (χ4v) is 4.72. The van der Waals surface area contributed by atoms with Gasteiger partial charge in [-0.25, -0.2) is 9.97 Å². The lowest BCUT2D eigenvalue weighted by Gasteiger charge is -2.36. The number of nitrogens with one attached hydrogen (secondary N) is 1. The van der Waals surface area contributed by atoms with Gasteiger partial charge in [0.2, 0.25) is 11.8 Å². The first-order valence-corrected chi connectivity index (χ1v) is 12.9. The van der Waals surface area contributed by atoms with Crippen molar-refractivity contribution in [3.63, 3.8) is 0 Å². The number of anilines is 2. The molecule has 1 aliphatic carbocycles. The Morgan fingerprint density at radius 1 is 1.12 bits per heavy atom. The molecule has 1 amide bonds. The van der Waals surface area contributed by atoms with Gasteiger partial charge < -0.3 is 34.8 Å². The monoisotopic (exact) mass is 556 g/mol. The zero-order valence-corrected chi connectivity index (χ0v) is 22.2. The molecular formula is C25H32N8O7. The Morgan fingerprint density at radius 2 is 1.90 bits per heavy atom. The number of nitrogens with zero attached hydrogens (tertiary/aromatic N) is 7. The molecule has 40 heavy (non-hydrogen) atoms. The fourth-order valence-electron chi connectivity index (χ4n) is 4.72. The molecule has 0 aromatic carbocycles. The molecule has 3 aromatic heterocycles. The van der Waals surface area contributed by atoms with Crippen molar-refractivity contribution < 1.29 is 34.3 Å². The van der Waals surface area contributed by atoms with E-state index in [4.69, 9.17) is 14.2 Å². The summed E-state index contributed by atoms with van der Waals surface area (Å²) < 4.78 is 17.5. The molecule has 2 aliphatic rings. The standard InChI is InChI=1S/C25H32N8O7/c1-32-11-15(7-29-32)20-9-27-21(10-26-20)33(22(34)14-38-2)17-5-3-16(4-6-17)30-24-28-8-19(25(35,36)37)23(31-24)40-18-12-39-13-18/h7-11,16-18,35-37H,3-6,12-14H2,1-2H3,(H,28,30,31). The molecule has 15 heteroatoms. The van der Waals surface area contributed by atoms with Gasteiger partial charge in [-0.2, -0.15) is 10.1 Å². The largest absolute Gasteiger partial charge is 0.469 e. The van der Waals surface area contributed by atoms with Crippen LogP contribution in [0.4, 0.5) is 11.8 Å². The van der Waals surface area contributed by atoms with Crippen molar-refractivity contribution in [2.24, 2.45) is 7.05 Å². The molecule has 3 aromatic rings. The van der Waals surface area contributed by atoms with Crippen LogP contribution in [0.2, 0.25) is 0 Å². The molecule has 0 atom stereocenters. The smallest absolute Gasteiger partial charge is 0.311 e. The zero-order valence-electron chi connectivity index (χ0n) is 22.2. The van der Waals surface area contributed by atoms with Gasteiger partial charge >= 0.3 is 5.97 Å². The highest BCUT2D eigenvalue weighted by Crippen LogP contribution is 2.31. The van der Waals surface area contributed by atoms with Crippen LogP contribution in [0.3, 0.4) is 0 Å². The van der Waals surface area contributed by atoms with Gasteiger partial charge in [0.05, 0.1) is 37.5 Å². The maximum atomic E-state index is 13.0. The zero-order chi connectivity index (χ0) is 28.3. The number of carbonyl (C=O) groups is 1. The van der Waals surface area contributed by atoms with E-state index in [1.165, 1.54) is 7.11 Å². The summed E-state index contributed by atoms with van der Waals surface area (Å²) in [7, 11) is 3.30. The number of amides is 1. The second-order valence-electron chi connectivity index (χ2n) is 9.83. The summed E-state index contributed by atoms with van der Waals surface area (Å²) in [5.41, 5.74) is 1.12. The fraction of sp³-hybridized carbons (Fsp3) is 0.520. The molecule has 214 valence electrons. The quantitative estimate of drug-likeness (QED) is 0.243. The maximum absolute atomic E-state index is 13.0. The highest BCUT2D eigenvalue weighted by atomic mass is 16.7. The van der Waals surface area contributed by atoms with Crippen LogP contribution in [-0.4, -0.2) is 96.1 Å². The van der Waals surface area contributed by atoms with Gasteiger partial charge in [-0.1, -0.05) is 0 Å². The summed E-state index contributed by atoms with van der Waals surface area (Å²) in [4.78, 5) is 32.1. The lowest BCUT2D eigenvalue weighted by Crippen LogP contribution is -2.46. The van der Waals surface area contributed by atoms with Gasteiger partial charge in [-0.15, -0.1) is 0 Å². The third-order valence-electron chi connectivity index (χ3n) is 6.82. The van der Waals surface area contributed by atoms with E-state index in [2.05, 4.69) is 30.4 Å². The van der Waals surface area contributed by atoms with E-state index >= 15 is 0 Å². The Hall–Kier alpha value is -3.76. The SMILES string of the molecule is COCC(=O)N(c1cnc(-c2cnn(C)c2)cn1)C1CCC(Nc2ncc(C(O)(O)O)c(OC3COC3)n2)CC1. The predicted octanol–water partition coefficient (Wildman–Crippen LogP) is -0.0654. The summed E-state index contributed by atoms with van der Waals surface area (Å²) in [6, 6.07) is -0.124. The Bertz CT molecular complexity index is 1300. The van der Waals surface area contributed by atoms with Crippen LogP contribution < -0.4 is 15.0 Å².